The average molecular weight is 575 g/mol. The molecule has 41 heavy (non-hydrogen) atoms. The van der Waals surface area contributed by atoms with Crippen molar-refractivity contribution in [2.75, 3.05) is 32.1 Å². The number of aromatic nitrogens is 1. The van der Waals surface area contributed by atoms with Crippen molar-refractivity contribution in [3.05, 3.63) is 70.4 Å². The summed E-state index contributed by atoms with van der Waals surface area (Å²) in [5.41, 5.74) is 4.67. The molecule has 1 aromatic heterocycles. The Kier molecular flexibility index (Phi) is 8.55. The molecule has 6 nitrogen and oxygen atoms in total. The summed E-state index contributed by atoms with van der Waals surface area (Å²) < 4.78 is 0. The van der Waals surface area contributed by atoms with Crippen molar-refractivity contribution in [3.63, 3.8) is 0 Å². The van der Waals surface area contributed by atoms with E-state index in [4.69, 9.17) is 4.98 Å². The van der Waals surface area contributed by atoms with Crippen LogP contribution < -0.4 is 10.2 Å². The van der Waals surface area contributed by atoms with Crippen LogP contribution in [0.4, 0.5) is 5.69 Å². The molecule has 7 heteroatoms. The number of amides is 2. The van der Waals surface area contributed by atoms with E-state index in [9.17, 15) is 9.59 Å². The zero-order valence-electron chi connectivity index (χ0n) is 25.4. The molecule has 220 valence electrons. The van der Waals surface area contributed by atoms with Crippen molar-refractivity contribution in [3.8, 4) is 10.4 Å². The van der Waals surface area contributed by atoms with Crippen molar-refractivity contribution in [1.29, 1.82) is 0 Å². The summed E-state index contributed by atoms with van der Waals surface area (Å²) in [6.45, 7) is 9.76. The van der Waals surface area contributed by atoms with E-state index >= 15 is 0 Å². The second-order valence-corrected chi connectivity index (χ2v) is 13.7. The Morgan fingerprint density at radius 2 is 1.90 bits per heavy atom. The maximum Gasteiger partial charge on any atom is 0.274 e. The summed E-state index contributed by atoms with van der Waals surface area (Å²) in [6, 6.07) is 16.5. The van der Waals surface area contributed by atoms with E-state index in [0.717, 1.165) is 58.8 Å². The van der Waals surface area contributed by atoms with Gasteiger partial charge >= 0.3 is 0 Å². The average Bonchev–Trinajstić information content (AvgIpc) is 3.71. The summed E-state index contributed by atoms with van der Waals surface area (Å²) in [5.74, 6) is 0.203. The number of nitrogens with zero attached hydrogens (tertiary/aromatic N) is 3. The number of para-hydroxylation sites is 1. The molecular formula is C34H46N4O2S. The predicted molar refractivity (Wildman–Crippen MR) is 171 cm³/mol. The molecule has 0 spiro atoms. The highest BCUT2D eigenvalue weighted by atomic mass is 32.1. The molecule has 5 rings (SSSR count). The van der Waals surface area contributed by atoms with Crippen LogP contribution in [0.15, 0.2) is 48.5 Å². The van der Waals surface area contributed by atoms with Crippen molar-refractivity contribution in [2.45, 2.75) is 77.7 Å². The van der Waals surface area contributed by atoms with Gasteiger partial charge in [-0.2, -0.15) is 0 Å². The molecule has 2 fully saturated rings. The second kappa shape index (κ2) is 12.0. The number of nitrogens with one attached hydrogen (secondary N) is 1. The van der Waals surface area contributed by atoms with E-state index in [2.05, 4.69) is 68.2 Å². The van der Waals surface area contributed by atoms with Crippen molar-refractivity contribution >= 4 is 28.8 Å². The first kappa shape index (κ1) is 29.3. The standard InChI is InChI=1S/C34H44N4O2S.H2/c1-7-34(3,4)28(26-15-8-9-16-27(26)37(5)6)31(39)35-25-14-11-19-38(21-25)33(40)29-30(24-13-10-12-22(2)20-24)41-32(36-29)23-17-18-23;/h8-10,12-13,15-16,20,23,25,28H,7,11,14,17-19,21H2,1-6H3,(H,35,39);1H/t25-,28?;/m1./s1. The number of piperidine rings is 1. The summed E-state index contributed by atoms with van der Waals surface area (Å²) >= 11 is 1.67. The number of carbonyl (C=O) groups excluding carboxylic acids is 2. The maximum atomic E-state index is 14.1. The number of rotatable bonds is 9. The van der Waals surface area contributed by atoms with Crippen LogP contribution in [0.2, 0.25) is 0 Å². The monoisotopic (exact) mass is 574 g/mol. The second-order valence-electron chi connectivity index (χ2n) is 12.7. The van der Waals surface area contributed by atoms with E-state index in [1.807, 2.05) is 37.2 Å². The van der Waals surface area contributed by atoms with Gasteiger partial charge in [-0.3, -0.25) is 9.59 Å². The Labute approximate surface area is 250 Å². The number of hydrogen-bond acceptors (Lipinski definition) is 5. The van der Waals surface area contributed by atoms with Crippen molar-refractivity contribution in [2.24, 2.45) is 5.41 Å². The van der Waals surface area contributed by atoms with Gasteiger partial charge in [-0.05, 0) is 61.6 Å². The third-order valence-electron chi connectivity index (χ3n) is 8.79. The fraction of sp³-hybridized carbons (Fsp3) is 0.500. The zero-order chi connectivity index (χ0) is 29.3. The van der Waals surface area contributed by atoms with E-state index in [1.165, 1.54) is 5.56 Å². The lowest BCUT2D eigenvalue weighted by molar-refractivity contribution is -0.126. The van der Waals surface area contributed by atoms with Crippen LogP contribution in [0.25, 0.3) is 10.4 Å². The molecule has 1 saturated heterocycles. The number of thiazole rings is 1. The van der Waals surface area contributed by atoms with Crippen LogP contribution in [-0.4, -0.2) is 54.9 Å². The van der Waals surface area contributed by atoms with Crippen LogP contribution in [-0.2, 0) is 4.79 Å². The maximum absolute atomic E-state index is 14.1. The Hall–Kier alpha value is -3.19. The molecule has 0 radical (unpaired) electrons. The molecule has 1 aliphatic heterocycles. The van der Waals surface area contributed by atoms with Gasteiger partial charge in [0.1, 0.15) is 5.69 Å². The molecule has 3 aromatic rings. The van der Waals surface area contributed by atoms with Crippen molar-refractivity contribution in [1.82, 2.24) is 15.2 Å². The minimum absolute atomic E-state index is 0. The molecule has 1 saturated carbocycles. The molecule has 1 N–H and O–H groups in total. The van der Waals surface area contributed by atoms with Gasteiger partial charge < -0.3 is 15.1 Å². The fourth-order valence-corrected chi connectivity index (χ4v) is 7.17. The highest BCUT2D eigenvalue weighted by Crippen LogP contribution is 2.45. The van der Waals surface area contributed by atoms with Crippen LogP contribution >= 0.6 is 11.3 Å². The normalized spacial score (nSPS) is 18.2. The van der Waals surface area contributed by atoms with Gasteiger partial charge in [0.25, 0.3) is 5.91 Å². The van der Waals surface area contributed by atoms with Gasteiger partial charge in [0.2, 0.25) is 5.91 Å². The lowest BCUT2D eigenvalue weighted by Crippen LogP contribution is -2.51. The topological polar surface area (TPSA) is 65.5 Å². The molecule has 2 heterocycles. The summed E-state index contributed by atoms with van der Waals surface area (Å²) in [4.78, 5) is 37.9. The zero-order valence-corrected chi connectivity index (χ0v) is 26.2. The first-order valence-electron chi connectivity index (χ1n) is 15.0. The largest absolute Gasteiger partial charge is 0.377 e. The third-order valence-corrected chi connectivity index (χ3v) is 10.1. The smallest absolute Gasteiger partial charge is 0.274 e. The fourth-order valence-electron chi connectivity index (χ4n) is 5.94. The molecule has 1 unspecified atom stereocenters. The highest BCUT2D eigenvalue weighted by Gasteiger charge is 2.39. The van der Waals surface area contributed by atoms with Gasteiger partial charge in [0.15, 0.2) is 0 Å². The Balaban J connectivity index is 0.00000405. The first-order valence-corrected chi connectivity index (χ1v) is 15.8. The Morgan fingerprint density at radius 1 is 1.15 bits per heavy atom. The van der Waals surface area contributed by atoms with Gasteiger partial charge in [-0.25, -0.2) is 4.98 Å². The van der Waals surface area contributed by atoms with Gasteiger partial charge in [-0.1, -0.05) is 68.8 Å². The molecular weight excluding hydrogens is 528 g/mol. The third kappa shape index (κ3) is 6.35. The highest BCUT2D eigenvalue weighted by molar-refractivity contribution is 7.15. The molecule has 0 bridgehead atoms. The summed E-state index contributed by atoms with van der Waals surface area (Å²) in [5, 5.41) is 4.46. The Morgan fingerprint density at radius 3 is 2.59 bits per heavy atom. The van der Waals surface area contributed by atoms with Gasteiger partial charge in [0.05, 0.1) is 15.8 Å². The number of benzene rings is 2. The van der Waals surface area contributed by atoms with Crippen LogP contribution in [0.3, 0.4) is 0 Å². The number of likely N-dealkylation sites (tertiary alicyclic amines) is 1. The lowest BCUT2D eigenvalue weighted by atomic mass is 9.72. The summed E-state index contributed by atoms with van der Waals surface area (Å²) in [6.07, 6.45) is 4.89. The van der Waals surface area contributed by atoms with Gasteiger partial charge in [-0.15, -0.1) is 11.3 Å². The number of carbonyl (C=O) groups is 2. The first-order chi connectivity index (χ1) is 19.6. The molecule has 2 aliphatic rings. The number of aryl methyl sites for hydroxylation is 1. The molecule has 2 atom stereocenters. The minimum Gasteiger partial charge on any atom is -0.377 e. The van der Waals surface area contributed by atoms with Crippen LogP contribution in [0.5, 0.6) is 0 Å². The summed E-state index contributed by atoms with van der Waals surface area (Å²) in [7, 11) is 4.05. The molecule has 2 aromatic carbocycles. The number of hydrogen-bond donors (Lipinski definition) is 1. The molecule has 1 aliphatic carbocycles. The van der Waals surface area contributed by atoms with Crippen LogP contribution in [0, 0.1) is 12.3 Å². The number of anilines is 1. The Bertz CT molecular complexity index is 1410. The van der Waals surface area contributed by atoms with Gasteiger partial charge in [0, 0.05) is 46.3 Å². The SMILES string of the molecule is CCC(C)(C)C(C(=O)N[C@@H]1CCCN(C(=O)c2nc(C3CC3)sc2-c2cccc(C)c2)C1)c1ccccc1N(C)C.[HH]. The molecule has 2 amide bonds. The minimum atomic E-state index is -0.301. The quantitative estimate of drug-likeness (QED) is 0.292. The predicted octanol–water partition coefficient (Wildman–Crippen LogP) is 7.25. The van der Waals surface area contributed by atoms with E-state index < -0.39 is 0 Å². The van der Waals surface area contributed by atoms with E-state index in [0.29, 0.717) is 24.7 Å². The van der Waals surface area contributed by atoms with E-state index in [1.54, 1.807) is 11.3 Å². The van der Waals surface area contributed by atoms with Crippen molar-refractivity contribution < 1.29 is 11.0 Å². The lowest BCUT2D eigenvalue weighted by Gasteiger charge is -2.38. The van der Waals surface area contributed by atoms with E-state index in [-0.39, 0.29) is 30.6 Å². The van der Waals surface area contributed by atoms with Crippen LogP contribution in [0.1, 0.15) is 92.8 Å².